The fraction of sp³-hybridized carbons (Fsp3) is 0.483. The highest BCUT2D eigenvalue weighted by Crippen LogP contribution is 2.50. The Labute approximate surface area is 192 Å². The van der Waals surface area contributed by atoms with Crippen molar-refractivity contribution in [2.75, 3.05) is 6.61 Å². The molecule has 0 spiro atoms. The number of benzene rings is 2. The van der Waals surface area contributed by atoms with Gasteiger partial charge in [0.2, 0.25) is 0 Å². The zero-order valence-corrected chi connectivity index (χ0v) is 20.1. The van der Waals surface area contributed by atoms with Crippen LogP contribution in [0.4, 0.5) is 0 Å². The van der Waals surface area contributed by atoms with Gasteiger partial charge in [0, 0.05) is 5.56 Å². The van der Waals surface area contributed by atoms with Crippen molar-refractivity contribution in [1.82, 2.24) is 0 Å². The molecule has 0 saturated carbocycles. The highest BCUT2D eigenvalue weighted by Gasteiger charge is 2.44. The molecule has 1 N–H and O–H groups in total. The average Bonchev–Trinajstić information content (AvgIpc) is 3.13. The van der Waals surface area contributed by atoms with Gasteiger partial charge in [-0.2, -0.15) is 0 Å². The number of hydrogen-bond acceptors (Lipinski definition) is 2. The fourth-order valence-electron chi connectivity index (χ4n) is 5.43. The Morgan fingerprint density at radius 1 is 0.969 bits per heavy atom. The van der Waals surface area contributed by atoms with E-state index in [2.05, 4.69) is 65.0 Å². The Bertz CT molecular complexity index is 1060. The zero-order chi connectivity index (χ0) is 23.1. The SMILES string of the molecule is CCCC=CCC1(c2ccc3c(c2)C(C)(C)CCC3(C)C)COc2cc(C(=O)O)ccc21. The van der Waals surface area contributed by atoms with Crippen molar-refractivity contribution in [3.05, 3.63) is 76.4 Å². The Morgan fingerprint density at radius 2 is 1.66 bits per heavy atom. The van der Waals surface area contributed by atoms with Crippen molar-refractivity contribution in [2.24, 2.45) is 0 Å². The van der Waals surface area contributed by atoms with Crippen molar-refractivity contribution >= 4 is 5.97 Å². The van der Waals surface area contributed by atoms with Crippen LogP contribution in [0.1, 0.15) is 99.3 Å². The molecule has 1 aliphatic heterocycles. The average molecular weight is 433 g/mol. The summed E-state index contributed by atoms with van der Waals surface area (Å²) in [5.74, 6) is -0.222. The van der Waals surface area contributed by atoms with Gasteiger partial charge in [-0.15, -0.1) is 0 Å². The molecule has 2 aromatic rings. The molecule has 1 atom stereocenters. The molecule has 0 bridgehead atoms. The normalized spacial score (nSPS) is 22.9. The van der Waals surface area contributed by atoms with Crippen LogP contribution in [0.25, 0.3) is 0 Å². The molecule has 0 saturated heterocycles. The predicted molar refractivity (Wildman–Crippen MR) is 130 cm³/mol. The Hall–Kier alpha value is -2.55. The van der Waals surface area contributed by atoms with Crippen LogP contribution in [0.3, 0.4) is 0 Å². The summed E-state index contributed by atoms with van der Waals surface area (Å²) in [7, 11) is 0. The van der Waals surface area contributed by atoms with E-state index in [0.717, 1.165) is 24.8 Å². The molecule has 2 aromatic carbocycles. The van der Waals surface area contributed by atoms with Crippen LogP contribution in [0.2, 0.25) is 0 Å². The molecule has 0 radical (unpaired) electrons. The van der Waals surface area contributed by atoms with Gasteiger partial charge in [0.15, 0.2) is 0 Å². The molecule has 4 rings (SSSR count). The number of hydrogen-bond donors (Lipinski definition) is 1. The summed E-state index contributed by atoms with van der Waals surface area (Å²) in [6, 6.07) is 12.4. The first-order valence-electron chi connectivity index (χ1n) is 11.9. The highest BCUT2D eigenvalue weighted by atomic mass is 16.5. The van der Waals surface area contributed by atoms with Crippen LogP contribution in [-0.2, 0) is 16.2 Å². The minimum absolute atomic E-state index is 0.134. The van der Waals surface area contributed by atoms with Gasteiger partial charge in [-0.1, -0.05) is 77.5 Å². The molecule has 3 nitrogen and oxygen atoms in total. The van der Waals surface area contributed by atoms with Crippen molar-refractivity contribution in [1.29, 1.82) is 0 Å². The van der Waals surface area contributed by atoms with Crippen molar-refractivity contribution in [3.8, 4) is 5.75 Å². The minimum atomic E-state index is -0.922. The van der Waals surface area contributed by atoms with Crippen LogP contribution >= 0.6 is 0 Å². The lowest BCUT2D eigenvalue weighted by Gasteiger charge is -2.43. The van der Waals surface area contributed by atoms with Gasteiger partial charge in [0.05, 0.1) is 11.0 Å². The smallest absolute Gasteiger partial charge is 0.335 e. The quantitative estimate of drug-likeness (QED) is 0.493. The molecule has 0 fully saturated rings. The Balaban J connectivity index is 1.86. The number of carbonyl (C=O) groups is 1. The van der Waals surface area contributed by atoms with E-state index in [1.54, 1.807) is 12.1 Å². The summed E-state index contributed by atoms with van der Waals surface area (Å²) < 4.78 is 6.16. The topological polar surface area (TPSA) is 46.5 Å². The summed E-state index contributed by atoms with van der Waals surface area (Å²) in [6.07, 6.45) is 9.94. The van der Waals surface area contributed by atoms with E-state index in [1.165, 1.54) is 29.5 Å². The number of carboxylic acid groups (broad SMARTS) is 1. The molecule has 170 valence electrons. The van der Waals surface area contributed by atoms with E-state index >= 15 is 0 Å². The van der Waals surface area contributed by atoms with E-state index in [9.17, 15) is 9.90 Å². The van der Waals surface area contributed by atoms with E-state index in [-0.39, 0.29) is 21.8 Å². The van der Waals surface area contributed by atoms with E-state index in [1.807, 2.05) is 6.07 Å². The first-order chi connectivity index (χ1) is 15.1. The van der Waals surface area contributed by atoms with Gasteiger partial charge in [-0.25, -0.2) is 4.79 Å². The van der Waals surface area contributed by atoms with Crippen molar-refractivity contribution < 1.29 is 14.6 Å². The van der Waals surface area contributed by atoms with Gasteiger partial charge in [0.1, 0.15) is 12.4 Å². The summed E-state index contributed by atoms with van der Waals surface area (Å²) in [4.78, 5) is 11.5. The summed E-state index contributed by atoms with van der Waals surface area (Å²) in [6.45, 7) is 12.1. The van der Waals surface area contributed by atoms with Crippen LogP contribution in [0.15, 0.2) is 48.6 Å². The highest BCUT2D eigenvalue weighted by molar-refractivity contribution is 5.88. The number of rotatable bonds is 6. The summed E-state index contributed by atoms with van der Waals surface area (Å²) in [5, 5.41) is 9.44. The second kappa shape index (κ2) is 8.10. The second-order valence-electron chi connectivity index (χ2n) is 10.9. The van der Waals surface area contributed by atoms with Gasteiger partial charge < -0.3 is 9.84 Å². The standard InChI is InChI=1S/C29H36O3/c1-6-7-8-9-14-29(19-32-25-17-20(26(30)31)10-12-23(25)29)21-11-13-22-24(18-21)28(4,5)16-15-27(22,2)3/h8-13,17-18H,6-7,14-16,19H2,1-5H3,(H,30,31). The molecule has 32 heavy (non-hydrogen) atoms. The maximum Gasteiger partial charge on any atom is 0.335 e. The zero-order valence-electron chi connectivity index (χ0n) is 20.1. The largest absolute Gasteiger partial charge is 0.492 e. The third-order valence-corrected chi connectivity index (χ3v) is 7.71. The molecule has 1 heterocycles. The molecular weight excluding hydrogens is 396 g/mol. The van der Waals surface area contributed by atoms with Gasteiger partial charge in [-0.3, -0.25) is 0 Å². The van der Waals surface area contributed by atoms with Crippen LogP contribution in [-0.4, -0.2) is 17.7 Å². The van der Waals surface area contributed by atoms with Gasteiger partial charge in [0.25, 0.3) is 0 Å². The predicted octanol–water partition coefficient (Wildman–Crippen LogP) is 7.16. The number of carboxylic acids is 1. The molecular formula is C29H36O3. The van der Waals surface area contributed by atoms with Crippen molar-refractivity contribution in [2.45, 2.75) is 83.0 Å². The third kappa shape index (κ3) is 3.76. The number of fused-ring (bicyclic) bond motifs is 2. The lowest BCUT2D eigenvalue weighted by atomic mass is 9.61. The van der Waals surface area contributed by atoms with Crippen LogP contribution < -0.4 is 4.74 Å². The molecule has 0 aromatic heterocycles. The number of aromatic carboxylic acids is 1. The maximum atomic E-state index is 11.5. The fourth-order valence-corrected chi connectivity index (χ4v) is 5.43. The Kier molecular flexibility index (Phi) is 5.73. The van der Waals surface area contributed by atoms with E-state index in [0.29, 0.717) is 12.4 Å². The van der Waals surface area contributed by atoms with E-state index in [4.69, 9.17) is 4.74 Å². The molecule has 3 heteroatoms. The van der Waals surface area contributed by atoms with E-state index < -0.39 is 5.97 Å². The maximum absolute atomic E-state index is 11.5. The third-order valence-electron chi connectivity index (χ3n) is 7.71. The monoisotopic (exact) mass is 432 g/mol. The number of allylic oxidation sites excluding steroid dienone is 2. The van der Waals surface area contributed by atoms with Crippen molar-refractivity contribution in [3.63, 3.8) is 0 Å². The first kappa shape index (κ1) is 22.6. The molecule has 1 aliphatic carbocycles. The first-order valence-corrected chi connectivity index (χ1v) is 11.9. The van der Waals surface area contributed by atoms with Gasteiger partial charge in [-0.05, 0) is 65.3 Å². The molecule has 0 amide bonds. The van der Waals surface area contributed by atoms with Gasteiger partial charge >= 0.3 is 5.97 Å². The lowest BCUT2D eigenvalue weighted by molar-refractivity contribution is 0.0696. The summed E-state index contributed by atoms with van der Waals surface area (Å²) in [5.41, 5.74) is 5.54. The minimum Gasteiger partial charge on any atom is -0.492 e. The van der Waals surface area contributed by atoms with Crippen LogP contribution in [0, 0.1) is 0 Å². The lowest BCUT2D eigenvalue weighted by Crippen LogP contribution is -2.35. The summed E-state index contributed by atoms with van der Waals surface area (Å²) >= 11 is 0. The van der Waals surface area contributed by atoms with Crippen LogP contribution in [0.5, 0.6) is 5.75 Å². The second-order valence-corrected chi connectivity index (χ2v) is 10.9. The molecule has 1 unspecified atom stereocenters. The number of unbranched alkanes of at least 4 members (excludes halogenated alkanes) is 1. The Morgan fingerprint density at radius 3 is 2.34 bits per heavy atom. The number of ether oxygens (including phenoxy) is 1. The molecule has 2 aliphatic rings.